The van der Waals surface area contributed by atoms with Gasteiger partial charge in [-0.05, 0) is 18.6 Å². The summed E-state index contributed by atoms with van der Waals surface area (Å²) in [5.41, 5.74) is -0.457. The van der Waals surface area contributed by atoms with Crippen LogP contribution in [0, 0.1) is 6.92 Å². The summed E-state index contributed by atoms with van der Waals surface area (Å²) in [5.74, 6) is -5.01. The lowest BCUT2D eigenvalue weighted by Gasteiger charge is -2.11. The normalized spacial score (nSPS) is 11.5. The van der Waals surface area contributed by atoms with Crippen molar-refractivity contribution in [2.24, 2.45) is 0 Å². The molecule has 0 saturated heterocycles. The number of carbonyl (C=O) groups is 1. The summed E-state index contributed by atoms with van der Waals surface area (Å²) in [7, 11) is -4.87. The van der Waals surface area contributed by atoms with Gasteiger partial charge in [0.1, 0.15) is 0 Å². The Morgan fingerprint density at radius 1 is 1.41 bits per heavy atom. The summed E-state index contributed by atoms with van der Waals surface area (Å²) >= 11 is 0. The molecule has 0 atom stereocenters. The largest absolute Gasteiger partial charge is 0.478 e. The number of rotatable bonds is 4. The molecule has 0 bridgehead atoms. The molecule has 17 heavy (non-hydrogen) atoms. The van der Waals surface area contributed by atoms with Crippen molar-refractivity contribution in [2.45, 2.75) is 12.7 Å². The highest BCUT2D eigenvalue weighted by atomic mass is 32.2. The molecule has 2 N–H and O–H groups in total. The fourth-order valence-corrected chi connectivity index (χ4v) is 1.80. The van der Waals surface area contributed by atoms with Gasteiger partial charge in [-0.3, -0.25) is 4.72 Å². The summed E-state index contributed by atoms with van der Waals surface area (Å²) in [5, 5.41) is 8.86. The van der Waals surface area contributed by atoms with Crippen molar-refractivity contribution in [1.82, 2.24) is 0 Å². The Hall–Kier alpha value is -1.70. The number of benzene rings is 1. The Morgan fingerprint density at radius 2 is 2.00 bits per heavy atom. The van der Waals surface area contributed by atoms with Crippen molar-refractivity contribution in [3.05, 3.63) is 29.3 Å². The first-order chi connectivity index (χ1) is 7.75. The number of nitrogens with one attached hydrogen (secondary N) is 1. The van der Waals surface area contributed by atoms with Gasteiger partial charge in [0.15, 0.2) is 0 Å². The second-order valence-corrected chi connectivity index (χ2v) is 4.86. The molecule has 0 aliphatic heterocycles. The standard InChI is InChI=1S/C9H9F2NO4S/c1-5-3-2-4-6(7(5)8(13)14)12-17(15,16)9(10)11/h2-4,9,12H,1H3,(H,13,14). The lowest BCUT2D eigenvalue weighted by atomic mass is 10.1. The molecule has 0 aliphatic rings. The molecule has 1 aromatic carbocycles. The van der Waals surface area contributed by atoms with Crippen LogP contribution in [-0.4, -0.2) is 25.3 Å². The molecule has 0 radical (unpaired) electrons. The number of carboxylic acids is 1. The number of alkyl halides is 2. The molecule has 0 spiro atoms. The highest BCUT2D eigenvalue weighted by Gasteiger charge is 2.26. The summed E-state index contributed by atoms with van der Waals surface area (Å²) in [6.07, 6.45) is 0. The van der Waals surface area contributed by atoms with Gasteiger partial charge in [0.05, 0.1) is 11.3 Å². The van der Waals surface area contributed by atoms with E-state index in [2.05, 4.69) is 0 Å². The van der Waals surface area contributed by atoms with Crippen LogP contribution >= 0.6 is 0 Å². The summed E-state index contributed by atoms with van der Waals surface area (Å²) in [6.45, 7) is 1.43. The molecule has 0 unspecified atom stereocenters. The fraction of sp³-hybridized carbons (Fsp3) is 0.222. The van der Waals surface area contributed by atoms with Gasteiger partial charge in [-0.1, -0.05) is 12.1 Å². The number of aryl methyl sites for hydroxylation is 1. The maximum Gasteiger partial charge on any atom is 0.355 e. The highest BCUT2D eigenvalue weighted by Crippen LogP contribution is 2.22. The molecule has 0 amide bonds. The first-order valence-corrected chi connectivity index (χ1v) is 5.93. The zero-order chi connectivity index (χ0) is 13.2. The van der Waals surface area contributed by atoms with E-state index < -0.39 is 21.8 Å². The topological polar surface area (TPSA) is 83.5 Å². The van der Waals surface area contributed by atoms with E-state index in [-0.39, 0.29) is 16.8 Å². The molecule has 1 aromatic rings. The van der Waals surface area contributed by atoms with E-state index in [4.69, 9.17) is 5.11 Å². The molecule has 0 aliphatic carbocycles. The zero-order valence-corrected chi connectivity index (χ0v) is 9.46. The summed E-state index contributed by atoms with van der Waals surface area (Å²) in [4.78, 5) is 10.9. The van der Waals surface area contributed by atoms with Crippen molar-refractivity contribution in [1.29, 1.82) is 0 Å². The molecule has 5 nitrogen and oxygen atoms in total. The molecule has 0 saturated carbocycles. The average Bonchev–Trinajstić information content (AvgIpc) is 2.15. The van der Waals surface area contributed by atoms with Gasteiger partial charge in [0.25, 0.3) is 10.0 Å². The van der Waals surface area contributed by atoms with Gasteiger partial charge in [-0.2, -0.15) is 8.78 Å². The maximum atomic E-state index is 12.1. The third-order valence-electron chi connectivity index (χ3n) is 1.97. The minimum atomic E-state index is -4.87. The first kappa shape index (κ1) is 13.4. The molecular weight excluding hydrogens is 256 g/mol. The fourth-order valence-electron chi connectivity index (χ4n) is 1.23. The van der Waals surface area contributed by atoms with Crippen molar-refractivity contribution in [3.63, 3.8) is 0 Å². The molecular formula is C9H9F2NO4S. The average molecular weight is 265 g/mol. The van der Waals surface area contributed by atoms with Crippen molar-refractivity contribution >= 4 is 21.7 Å². The maximum absolute atomic E-state index is 12.1. The van der Waals surface area contributed by atoms with Crippen LogP contribution in [0.4, 0.5) is 14.5 Å². The van der Waals surface area contributed by atoms with E-state index in [1.807, 2.05) is 0 Å². The lowest BCUT2D eigenvalue weighted by Crippen LogP contribution is -2.22. The van der Waals surface area contributed by atoms with Crippen molar-refractivity contribution in [3.8, 4) is 0 Å². The Kier molecular flexibility index (Phi) is 3.66. The molecule has 0 aromatic heterocycles. The summed E-state index contributed by atoms with van der Waals surface area (Å²) < 4.78 is 47.7. The molecule has 94 valence electrons. The molecule has 0 heterocycles. The van der Waals surface area contributed by atoms with E-state index in [0.29, 0.717) is 0 Å². The minimum Gasteiger partial charge on any atom is -0.478 e. The highest BCUT2D eigenvalue weighted by molar-refractivity contribution is 7.93. The smallest absolute Gasteiger partial charge is 0.355 e. The lowest BCUT2D eigenvalue weighted by molar-refractivity contribution is 0.0697. The van der Waals surface area contributed by atoms with E-state index in [1.165, 1.54) is 19.1 Å². The number of hydrogen-bond donors (Lipinski definition) is 2. The van der Waals surface area contributed by atoms with E-state index in [1.54, 1.807) is 4.72 Å². The second kappa shape index (κ2) is 4.66. The second-order valence-electron chi connectivity index (χ2n) is 3.21. The SMILES string of the molecule is Cc1cccc(NS(=O)(=O)C(F)F)c1C(=O)O. The van der Waals surface area contributed by atoms with Crippen LogP contribution in [0.1, 0.15) is 15.9 Å². The van der Waals surface area contributed by atoms with E-state index >= 15 is 0 Å². The number of aromatic carboxylic acids is 1. The number of anilines is 1. The Morgan fingerprint density at radius 3 is 2.47 bits per heavy atom. The number of carboxylic acid groups (broad SMARTS) is 1. The van der Waals surface area contributed by atoms with E-state index in [0.717, 1.165) is 6.07 Å². The molecule has 0 fully saturated rings. The Balaban J connectivity index is 3.25. The van der Waals surface area contributed by atoms with Crippen LogP contribution in [0.25, 0.3) is 0 Å². The predicted octanol–water partition coefficient (Wildman–Crippen LogP) is 1.66. The van der Waals surface area contributed by atoms with Crippen LogP contribution in [0.15, 0.2) is 18.2 Å². The van der Waals surface area contributed by atoms with Crippen LogP contribution in [-0.2, 0) is 10.0 Å². The van der Waals surface area contributed by atoms with Gasteiger partial charge in [-0.25, -0.2) is 13.2 Å². The summed E-state index contributed by atoms with van der Waals surface area (Å²) in [6, 6.07) is 3.91. The van der Waals surface area contributed by atoms with Crippen molar-refractivity contribution in [2.75, 3.05) is 4.72 Å². The molecule has 1 rings (SSSR count). The predicted molar refractivity (Wildman–Crippen MR) is 56.7 cm³/mol. The van der Waals surface area contributed by atoms with Crippen LogP contribution < -0.4 is 4.72 Å². The van der Waals surface area contributed by atoms with Gasteiger partial charge >= 0.3 is 11.7 Å². The molecule has 8 heteroatoms. The van der Waals surface area contributed by atoms with E-state index in [9.17, 15) is 22.0 Å². The first-order valence-electron chi connectivity index (χ1n) is 4.38. The van der Waals surface area contributed by atoms with Gasteiger partial charge in [0, 0.05) is 0 Å². The van der Waals surface area contributed by atoms with Gasteiger partial charge in [0.2, 0.25) is 0 Å². The third kappa shape index (κ3) is 2.90. The Bertz CT molecular complexity index is 542. The van der Waals surface area contributed by atoms with Gasteiger partial charge in [-0.15, -0.1) is 0 Å². The number of sulfonamides is 1. The van der Waals surface area contributed by atoms with Crippen LogP contribution in [0.5, 0.6) is 0 Å². The third-order valence-corrected chi connectivity index (χ3v) is 2.95. The quantitative estimate of drug-likeness (QED) is 0.867. The zero-order valence-electron chi connectivity index (χ0n) is 8.65. The van der Waals surface area contributed by atoms with Crippen molar-refractivity contribution < 1.29 is 27.1 Å². The van der Waals surface area contributed by atoms with Gasteiger partial charge < -0.3 is 5.11 Å². The monoisotopic (exact) mass is 265 g/mol. The van der Waals surface area contributed by atoms with Crippen LogP contribution in [0.3, 0.4) is 0 Å². The number of hydrogen-bond acceptors (Lipinski definition) is 3. The number of halogens is 2. The Labute approximate surface area is 96.1 Å². The van der Waals surface area contributed by atoms with Crippen LogP contribution in [0.2, 0.25) is 0 Å². The minimum absolute atomic E-state index is 0.270.